The molecule has 12 nitrogen and oxygen atoms in total. The van der Waals surface area contributed by atoms with Crippen molar-refractivity contribution in [1.82, 2.24) is 29.7 Å². The fourth-order valence-corrected chi connectivity index (χ4v) is 4.50. The second-order valence-electron chi connectivity index (χ2n) is 8.80. The summed E-state index contributed by atoms with van der Waals surface area (Å²) in [5.41, 5.74) is 1.05. The molecule has 194 valence electrons. The first kappa shape index (κ1) is 24.5. The summed E-state index contributed by atoms with van der Waals surface area (Å²) in [6.45, 7) is 2.15. The number of piperazine rings is 1. The fraction of sp³-hybridized carbons (Fsp3) is 0.400. The molecule has 2 aliphatic rings. The number of methoxy groups -OCH3 is 1. The van der Waals surface area contributed by atoms with E-state index >= 15 is 0 Å². The van der Waals surface area contributed by atoms with Gasteiger partial charge in [-0.3, -0.25) is 14.2 Å². The van der Waals surface area contributed by atoms with Gasteiger partial charge in [-0.2, -0.15) is 4.98 Å². The van der Waals surface area contributed by atoms with E-state index in [0.29, 0.717) is 44.4 Å². The van der Waals surface area contributed by atoms with Crippen molar-refractivity contribution in [3.63, 3.8) is 0 Å². The predicted molar refractivity (Wildman–Crippen MR) is 133 cm³/mol. The summed E-state index contributed by atoms with van der Waals surface area (Å²) in [5.74, 6) is 2.44. The maximum atomic E-state index is 13.0. The number of aromatic nitrogens is 4. The van der Waals surface area contributed by atoms with Crippen LogP contribution in [0.4, 0.5) is 5.82 Å². The third-order valence-corrected chi connectivity index (χ3v) is 6.35. The molecular formula is C25H29N7O5. The third-order valence-electron chi connectivity index (χ3n) is 6.35. The van der Waals surface area contributed by atoms with Crippen LogP contribution >= 0.6 is 0 Å². The molecule has 2 aromatic heterocycles. The lowest BCUT2D eigenvalue weighted by molar-refractivity contribution is -0.136. The van der Waals surface area contributed by atoms with Gasteiger partial charge >= 0.3 is 0 Å². The molecule has 1 N–H and O–H groups in total. The lowest BCUT2D eigenvalue weighted by Gasteiger charge is -2.42. The van der Waals surface area contributed by atoms with E-state index in [9.17, 15) is 9.59 Å². The van der Waals surface area contributed by atoms with Crippen LogP contribution in [0.25, 0.3) is 5.95 Å². The highest BCUT2D eigenvalue weighted by atomic mass is 16.7. The SMILES string of the molecule is COCC(=O)N1CCN(c2ccnc(-n3ccnc3)n2)C(CC(=O)NCCc2ccc3c(c2)OCO3)C1. The fourth-order valence-electron chi connectivity index (χ4n) is 4.50. The van der Waals surface area contributed by atoms with Crippen LogP contribution in [0, 0.1) is 0 Å². The van der Waals surface area contributed by atoms with Crippen molar-refractivity contribution >= 4 is 17.6 Å². The molecular weight excluding hydrogens is 478 g/mol. The van der Waals surface area contributed by atoms with Crippen LogP contribution in [0.15, 0.2) is 49.2 Å². The van der Waals surface area contributed by atoms with Crippen molar-refractivity contribution in [1.29, 1.82) is 0 Å². The zero-order valence-corrected chi connectivity index (χ0v) is 20.6. The normalized spacial score (nSPS) is 16.6. The molecule has 0 spiro atoms. The van der Waals surface area contributed by atoms with Crippen LogP contribution < -0.4 is 19.7 Å². The van der Waals surface area contributed by atoms with Crippen molar-refractivity contribution in [2.45, 2.75) is 18.9 Å². The van der Waals surface area contributed by atoms with Crippen molar-refractivity contribution in [3.05, 3.63) is 54.7 Å². The molecule has 1 fully saturated rings. The van der Waals surface area contributed by atoms with Gasteiger partial charge in [-0.25, -0.2) is 9.97 Å². The van der Waals surface area contributed by atoms with Crippen molar-refractivity contribution in [2.75, 3.05) is 51.6 Å². The summed E-state index contributed by atoms with van der Waals surface area (Å²) in [6, 6.07) is 7.34. The van der Waals surface area contributed by atoms with Gasteiger partial charge in [0, 0.05) is 58.3 Å². The summed E-state index contributed by atoms with van der Waals surface area (Å²) >= 11 is 0. The number of hydrogen-bond donors (Lipinski definition) is 1. The molecule has 4 heterocycles. The summed E-state index contributed by atoms with van der Waals surface area (Å²) in [7, 11) is 1.50. The summed E-state index contributed by atoms with van der Waals surface area (Å²) < 4.78 is 17.5. The van der Waals surface area contributed by atoms with Gasteiger partial charge in [0.25, 0.3) is 0 Å². The zero-order chi connectivity index (χ0) is 25.6. The molecule has 12 heteroatoms. The lowest BCUT2D eigenvalue weighted by atomic mass is 10.1. The monoisotopic (exact) mass is 507 g/mol. The van der Waals surface area contributed by atoms with Crippen LogP contribution in [0.2, 0.25) is 0 Å². The van der Waals surface area contributed by atoms with Crippen LogP contribution in [0.1, 0.15) is 12.0 Å². The lowest BCUT2D eigenvalue weighted by Crippen LogP contribution is -2.57. The number of fused-ring (bicyclic) bond motifs is 1. The Bertz CT molecular complexity index is 1240. The van der Waals surface area contributed by atoms with E-state index in [-0.39, 0.29) is 37.7 Å². The summed E-state index contributed by atoms with van der Waals surface area (Å²) in [5, 5.41) is 3.01. The molecule has 1 aromatic carbocycles. The third kappa shape index (κ3) is 5.80. The average Bonchev–Trinajstić information content (AvgIpc) is 3.61. The number of nitrogens with zero attached hydrogens (tertiary/aromatic N) is 6. The van der Waals surface area contributed by atoms with Gasteiger partial charge in [0.2, 0.25) is 24.6 Å². The van der Waals surface area contributed by atoms with Crippen LogP contribution in [0.5, 0.6) is 11.5 Å². The van der Waals surface area contributed by atoms with Gasteiger partial charge in [0.1, 0.15) is 18.8 Å². The smallest absolute Gasteiger partial charge is 0.248 e. The number of amides is 2. The van der Waals surface area contributed by atoms with Gasteiger partial charge in [0.15, 0.2) is 11.5 Å². The number of carbonyl (C=O) groups is 2. The number of anilines is 1. The number of nitrogens with one attached hydrogen (secondary N) is 1. The molecule has 1 unspecified atom stereocenters. The van der Waals surface area contributed by atoms with E-state index in [1.54, 1.807) is 34.4 Å². The second-order valence-corrected chi connectivity index (χ2v) is 8.80. The van der Waals surface area contributed by atoms with Crippen LogP contribution in [-0.2, 0) is 20.7 Å². The maximum Gasteiger partial charge on any atom is 0.248 e. The van der Waals surface area contributed by atoms with Crippen molar-refractivity contribution < 1.29 is 23.8 Å². The Hall–Kier alpha value is -4.19. The van der Waals surface area contributed by atoms with Crippen LogP contribution in [0.3, 0.4) is 0 Å². The highest BCUT2D eigenvalue weighted by molar-refractivity contribution is 5.79. The number of ether oxygens (including phenoxy) is 3. The number of imidazole rings is 1. The van der Waals surface area contributed by atoms with E-state index < -0.39 is 0 Å². The van der Waals surface area contributed by atoms with E-state index in [0.717, 1.165) is 17.1 Å². The van der Waals surface area contributed by atoms with Gasteiger partial charge in [0.05, 0.1) is 6.04 Å². The van der Waals surface area contributed by atoms with Crippen molar-refractivity contribution in [2.24, 2.45) is 0 Å². The Labute approximate surface area is 214 Å². The minimum Gasteiger partial charge on any atom is -0.454 e. The van der Waals surface area contributed by atoms with Crippen LogP contribution in [-0.4, -0.2) is 89.0 Å². The number of hydrogen-bond acceptors (Lipinski definition) is 9. The minimum absolute atomic E-state index is 0.00668. The van der Waals surface area contributed by atoms with E-state index in [1.807, 2.05) is 24.3 Å². The topological polar surface area (TPSA) is 124 Å². The van der Waals surface area contributed by atoms with Gasteiger partial charge in [-0.15, -0.1) is 0 Å². The molecule has 1 saturated heterocycles. The number of rotatable bonds is 9. The molecule has 0 aliphatic carbocycles. The van der Waals surface area contributed by atoms with Gasteiger partial charge < -0.3 is 29.3 Å². The molecule has 0 saturated carbocycles. The Balaban J connectivity index is 1.25. The first-order valence-electron chi connectivity index (χ1n) is 12.1. The summed E-state index contributed by atoms with van der Waals surface area (Å²) in [6.07, 6.45) is 7.62. The van der Waals surface area contributed by atoms with Gasteiger partial charge in [-0.1, -0.05) is 6.07 Å². The maximum absolute atomic E-state index is 13.0. The molecule has 2 amide bonds. The first-order valence-corrected chi connectivity index (χ1v) is 12.1. The molecule has 5 rings (SSSR count). The number of carbonyl (C=O) groups excluding carboxylic acids is 2. The number of benzene rings is 1. The van der Waals surface area contributed by atoms with E-state index in [4.69, 9.17) is 14.2 Å². The summed E-state index contributed by atoms with van der Waals surface area (Å²) in [4.78, 5) is 42.4. The Morgan fingerprint density at radius 2 is 2.05 bits per heavy atom. The standard InChI is InChI=1S/C25H29N7O5/c1-35-15-24(34)30-10-11-32(22-5-7-28-25(29-22)31-9-8-26-16-31)19(14-30)13-23(33)27-6-4-18-2-3-20-21(12-18)37-17-36-20/h2-3,5,7-9,12,16,19H,4,6,10-11,13-15,17H2,1H3,(H,27,33). The second kappa shape index (κ2) is 11.2. The van der Waals surface area contributed by atoms with E-state index in [1.165, 1.54) is 7.11 Å². The van der Waals surface area contributed by atoms with Gasteiger partial charge in [-0.05, 0) is 30.2 Å². The largest absolute Gasteiger partial charge is 0.454 e. The average molecular weight is 508 g/mol. The highest BCUT2D eigenvalue weighted by Gasteiger charge is 2.32. The Morgan fingerprint density at radius 3 is 2.89 bits per heavy atom. The molecule has 0 radical (unpaired) electrons. The van der Waals surface area contributed by atoms with Crippen molar-refractivity contribution in [3.8, 4) is 17.4 Å². The molecule has 2 aliphatic heterocycles. The van der Waals surface area contributed by atoms with E-state index in [2.05, 4.69) is 25.2 Å². The molecule has 1 atom stereocenters. The molecule has 3 aromatic rings. The Morgan fingerprint density at radius 1 is 1.16 bits per heavy atom. The zero-order valence-electron chi connectivity index (χ0n) is 20.6. The molecule has 37 heavy (non-hydrogen) atoms. The quantitative estimate of drug-likeness (QED) is 0.448. The molecule has 0 bridgehead atoms. The highest BCUT2D eigenvalue weighted by Crippen LogP contribution is 2.32. The minimum atomic E-state index is -0.259. The predicted octanol–water partition coefficient (Wildman–Crippen LogP) is 0.804. The Kier molecular flexibility index (Phi) is 7.45. The first-order chi connectivity index (χ1) is 18.1.